The first-order chi connectivity index (χ1) is 12.2. The second-order valence-corrected chi connectivity index (χ2v) is 8.72. The normalized spacial score (nSPS) is 11.7. The molecule has 0 unspecified atom stereocenters. The Morgan fingerprint density at radius 3 is 2.35 bits per heavy atom. The van der Waals surface area contributed by atoms with Crippen LogP contribution in [-0.4, -0.2) is 28.0 Å². The summed E-state index contributed by atoms with van der Waals surface area (Å²) in [4.78, 5) is 0.166. The van der Waals surface area contributed by atoms with Gasteiger partial charge in [-0.05, 0) is 38.5 Å². The van der Waals surface area contributed by atoms with Gasteiger partial charge >= 0.3 is 0 Å². The maximum atomic E-state index is 12.7. The monoisotopic (exact) mass is 437 g/mol. The predicted octanol–water partition coefficient (Wildman–Crippen LogP) is 3.15. The molecular weight excluding hydrogens is 418 g/mol. The Balaban J connectivity index is 1.90. The fourth-order valence-electron chi connectivity index (χ4n) is 2.69. The summed E-state index contributed by atoms with van der Waals surface area (Å²) in [5.74, 6) is 0. The molecule has 0 aliphatic carbocycles. The average molecular weight is 438 g/mol. The number of aryl methyl sites for hydroxylation is 2. The van der Waals surface area contributed by atoms with Crippen LogP contribution in [0.3, 0.4) is 0 Å². The van der Waals surface area contributed by atoms with Crippen LogP contribution in [0.4, 0.5) is 5.69 Å². The van der Waals surface area contributed by atoms with Gasteiger partial charge in [-0.3, -0.25) is 14.1 Å². The molecule has 2 heterocycles. The van der Waals surface area contributed by atoms with E-state index in [-0.39, 0.29) is 4.90 Å². The van der Waals surface area contributed by atoms with Crippen molar-refractivity contribution in [3.05, 3.63) is 57.6 Å². The van der Waals surface area contributed by atoms with E-state index in [0.717, 1.165) is 15.7 Å². The summed E-state index contributed by atoms with van der Waals surface area (Å²) in [5, 5.41) is 8.50. The molecule has 3 aromatic rings. The number of nitrogens with zero attached hydrogens (tertiary/aromatic N) is 4. The second kappa shape index (κ2) is 6.88. The molecule has 0 saturated heterocycles. The Hall–Kier alpha value is -2.13. The van der Waals surface area contributed by atoms with Gasteiger partial charge in [-0.1, -0.05) is 28.1 Å². The fraction of sp³-hybridized carbons (Fsp3) is 0.294. The lowest BCUT2D eigenvalue weighted by Gasteiger charge is -2.09. The predicted molar refractivity (Wildman–Crippen MR) is 104 cm³/mol. The molecule has 0 radical (unpaired) electrons. The third kappa shape index (κ3) is 3.54. The van der Waals surface area contributed by atoms with Crippen LogP contribution in [0.5, 0.6) is 0 Å². The summed E-state index contributed by atoms with van der Waals surface area (Å²) >= 11 is 3.42. The summed E-state index contributed by atoms with van der Waals surface area (Å²) in [5.41, 5.74) is 3.55. The van der Waals surface area contributed by atoms with Crippen LogP contribution in [0.1, 0.15) is 22.6 Å². The number of halogens is 1. The van der Waals surface area contributed by atoms with Crippen molar-refractivity contribution in [2.75, 3.05) is 4.72 Å². The molecule has 2 aromatic heterocycles. The first-order valence-electron chi connectivity index (χ1n) is 7.99. The highest BCUT2D eigenvalue weighted by Gasteiger charge is 2.23. The number of sulfonamides is 1. The molecule has 9 heteroatoms. The highest BCUT2D eigenvalue weighted by molar-refractivity contribution is 9.10. The van der Waals surface area contributed by atoms with E-state index in [9.17, 15) is 8.42 Å². The molecular formula is C17H20BrN5O2S. The maximum absolute atomic E-state index is 12.7. The Labute approximate surface area is 161 Å². The van der Waals surface area contributed by atoms with Crippen molar-refractivity contribution in [2.24, 2.45) is 7.05 Å². The number of aromatic nitrogens is 4. The standard InChI is InChI=1S/C17H20BrN5O2S/c1-11-17(21-26(24,25)16-9-19-22(4)12(16)2)13(3)23(20-11)10-14-5-7-15(18)8-6-14/h5-9,21H,10H2,1-4H3. The van der Waals surface area contributed by atoms with Gasteiger partial charge in [-0.15, -0.1) is 0 Å². The van der Waals surface area contributed by atoms with Crippen molar-refractivity contribution in [1.29, 1.82) is 0 Å². The average Bonchev–Trinajstić information content (AvgIpc) is 3.04. The number of hydrogen-bond donors (Lipinski definition) is 1. The zero-order chi connectivity index (χ0) is 19.1. The number of benzene rings is 1. The van der Waals surface area contributed by atoms with Crippen molar-refractivity contribution in [1.82, 2.24) is 19.6 Å². The first-order valence-corrected chi connectivity index (χ1v) is 10.3. The molecule has 0 amide bonds. The highest BCUT2D eigenvalue weighted by Crippen LogP contribution is 2.25. The molecule has 1 N–H and O–H groups in total. The number of rotatable bonds is 5. The minimum absolute atomic E-state index is 0.166. The van der Waals surface area contributed by atoms with Crippen LogP contribution in [-0.2, 0) is 23.6 Å². The summed E-state index contributed by atoms with van der Waals surface area (Å²) in [6, 6.07) is 7.94. The van der Waals surface area contributed by atoms with Gasteiger partial charge in [0.05, 0.1) is 35.5 Å². The van der Waals surface area contributed by atoms with Gasteiger partial charge in [0.1, 0.15) is 4.90 Å². The van der Waals surface area contributed by atoms with E-state index in [1.165, 1.54) is 10.9 Å². The lowest BCUT2D eigenvalue weighted by molar-refractivity contribution is 0.600. The Morgan fingerprint density at radius 2 is 1.77 bits per heavy atom. The minimum Gasteiger partial charge on any atom is -0.276 e. The maximum Gasteiger partial charge on any atom is 0.265 e. The number of anilines is 1. The fourth-order valence-corrected chi connectivity index (χ4v) is 4.34. The molecule has 0 aliphatic heterocycles. The molecule has 26 heavy (non-hydrogen) atoms. The van der Waals surface area contributed by atoms with Gasteiger partial charge in [0.25, 0.3) is 10.0 Å². The van der Waals surface area contributed by atoms with E-state index < -0.39 is 10.0 Å². The molecule has 7 nitrogen and oxygen atoms in total. The molecule has 0 atom stereocenters. The third-order valence-electron chi connectivity index (χ3n) is 4.34. The summed E-state index contributed by atoms with van der Waals surface area (Å²) in [6.45, 7) is 5.93. The number of hydrogen-bond acceptors (Lipinski definition) is 4. The van der Waals surface area contributed by atoms with E-state index in [0.29, 0.717) is 23.6 Å². The van der Waals surface area contributed by atoms with E-state index >= 15 is 0 Å². The topological polar surface area (TPSA) is 81.8 Å². The minimum atomic E-state index is -3.73. The van der Waals surface area contributed by atoms with Gasteiger partial charge in [0, 0.05) is 11.5 Å². The van der Waals surface area contributed by atoms with Crippen LogP contribution in [0.15, 0.2) is 39.8 Å². The van der Waals surface area contributed by atoms with Gasteiger partial charge in [-0.25, -0.2) is 8.42 Å². The van der Waals surface area contributed by atoms with E-state index in [1.54, 1.807) is 25.6 Å². The van der Waals surface area contributed by atoms with Crippen molar-refractivity contribution in [2.45, 2.75) is 32.2 Å². The van der Waals surface area contributed by atoms with Crippen molar-refractivity contribution < 1.29 is 8.42 Å². The Morgan fingerprint density at radius 1 is 1.12 bits per heavy atom. The summed E-state index contributed by atoms with van der Waals surface area (Å²) in [6.07, 6.45) is 1.36. The lowest BCUT2D eigenvalue weighted by Crippen LogP contribution is -2.15. The Kier molecular flexibility index (Phi) is 4.94. The van der Waals surface area contributed by atoms with Crippen molar-refractivity contribution in [3.63, 3.8) is 0 Å². The lowest BCUT2D eigenvalue weighted by atomic mass is 10.2. The van der Waals surface area contributed by atoms with E-state index in [2.05, 4.69) is 30.8 Å². The SMILES string of the molecule is Cc1nn(Cc2ccc(Br)cc2)c(C)c1NS(=O)(=O)c1cnn(C)c1C. The zero-order valence-electron chi connectivity index (χ0n) is 15.0. The summed E-state index contributed by atoms with van der Waals surface area (Å²) in [7, 11) is -2.02. The molecule has 1 aromatic carbocycles. The van der Waals surface area contributed by atoms with Gasteiger partial charge < -0.3 is 0 Å². The van der Waals surface area contributed by atoms with E-state index in [4.69, 9.17) is 0 Å². The zero-order valence-corrected chi connectivity index (χ0v) is 17.4. The quantitative estimate of drug-likeness (QED) is 0.664. The van der Waals surface area contributed by atoms with Crippen LogP contribution in [0, 0.1) is 20.8 Å². The third-order valence-corrected chi connectivity index (χ3v) is 6.32. The second-order valence-electron chi connectivity index (χ2n) is 6.15. The largest absolute Gasteiger partial charge is 0.276 e. The van der Waals surface area contributed by atoms with Crippen molar-refractivity contribution in [3.8, 4) is 0 Å². The molecule has 0 bridgehead atoms. The van der Waals surface area contributed by atoms with Crippen LogP contribution in [0.25, 0.3) is 0 Å². The van der Waals surface area contributed by atoms with Crippen LogP contribution in [0.2, 0.25) is 0 Å². The number of nitrogens with one attached hydrogen (secondary N) is 1. The highest BCUT2D eigenvalue weighted by atomic mass is 79.9. The smallest absolute Gasteiger partial charge is 0.265 e. The van der Waals surface area contributed by atoms with Crippen LogP contribution < -0.4 is 4.72 Å². The molecule has 0 saturated carbocycles. The molecule has 0 spiro atoms. The van der Waals surface area contributed by atoms with E-state index in [1.807, 2.05) is 31.2 Å². The first kappa shape index (κ1) is 18.7. The van der Waals surface area contributed by atoms with Crippen LogP contribution >= 0.6 is 15.9 Å². The van der Waals surface area contributed by atoms with Gasteiger partial charge in [0.15, 0.2) is 0 Å². The van der Waals surface area contributed by atoms with Gasteiger partial charge in [0.2, 0.25) is 0 Å². The summed E-state index contributed by atoms with van der Waals surface area (Å²) < 4.78 is 32.5. The van der Waals surface area contributed by atoms with Gasteiger partial charge in [-0.2, -0.15) is 10.2 Å². The molecule has 0 fully saturated rings. The molecule has 3 rings (SSSR count). The Bertz CT molecular complexity index is 1050. The molecule has 138 valence electrons. The van der Waals surface area contributed by atoms with Crippen molar-refractivity contribution >= 4 is 31.6 Å². The molecule has 0 aliphatic rings.